The van der Waals surface area contributed by atoms with Crippen molar-refractivity contribution in [1.29, 1.82) is 5.26 Å². The van der Waals surface area contributed by atoms with Crippen LogP contribution in [0.5, 0.6) is 5.75 Å². The number of aliphatic hydroxyl groups is 1. The summed E-state index contributed by atoms with van der Waals surface area (Å²) >= 11 is 0. The molecule has 0 unspecified atom stereocenters. The van der Waals surface area contributed by atoms with Crippen molar-refractivity contribution in [3.63, 3.8) is 0 Å². The number of carbonyl (C=O) groups is 1. The summed E-state index contributed by atoms with van der Waals surface area (Å²) < 4.78 is 7.69. The summed E-state index contributed by atoms with van der Waals surface area (Å²) in [4.78, 5) is 22.2. The Labute approximate surface area is 244 Å². The smallest absolute Gasteiger partial charge is 0.248 e. The second kappa shape index (κ2) is 13.4. The highest BCUT2D eigenvalue weighted by Gasteiger charge is 2.19. The van der Waals surface area contributed by atoms with Gasteiger partial charge in [0.05, 0.1) is 41.4 Å². The molecular formula is C30H35N9O3. The Morgan fingerprint density at radius 2 is 2.00 bits per heavy atom. The van der Waals surface area contributed by atoms with Crippen LogP contribution in [0.3, 0.4) is 0 Å². The number of carbonyl (C=O) groups excluding carboxylic acids is 1. The number of rotatable bonds is 11. The number of hydrogen-bond donors (Lipinski definition) is 3. The van der Waals surface area contributed by atoms with Crippen molar-refractivity contribution in [3.8, 4) is 11.8 Å². The van der Waals surface area contributed by atoms with Crippen LogP contribution in [-0.4, -0.2) is 92.9 Å². The van der Waals surface area contributed by atoms with E-state index in [4.69, 9.17) is 14.8 Å². The maximum absolute atomic E-state index is 13.0. The molecule has 1 saturated heterocycles. The van der Waals surface area contributed by atoms with Crippen LogP contribution in [0.15, 0.2) is 48.9 Å². The summed E-state index contributed by atoms with van der Waals surface area (Å²) in [5.41, 5.74) is 4.23. The molecule has 5 rings (SSSR count). The van der Waals surface area contributed by atoms with E-state index in [0.29, 0.717) is 71.0 Å². The van der Waals surface area contributed by atoms with E-state index in [1.54, 1.807) is 22.9 Å². The molecule has 0 bridgehead atoms. The van der Waals surface area contributed by atoms with Crippen LogP contribution in [0.2, 0.25) is 0 Å². The number of benzene rings is 1. The highest BCUT2D eigenvalue weighted by atomic mass is 16.5. The first kappa shape index (κ1) is 28.9. The molecule has 42 heavy (non-hydrogen) atoms. The number of β-amino-alcohol motifs (C(OH)–C–C–N with tert-alkyl or cyclic N) is 1. The Bertz CT molecular complexity index is 1630. The van der Waals surface area contributed by atoms with Crippen LogP contribution < -0.4 is 15.4 Å². The first-order chi connectivity index (χ1) is 20.5. The molecule has 1 fully saturated rings. The topological polar surface area (TPSA) is 144 Å². The Kier molecular flexibility index (Phi) is 9.23. The van der Waals surface area contributed by atoms with Crippen LogP contribution in [0.25, 0.3) is 16.6 Å². The zero-order valence-electron chi connectivity index (χ0n) is 23.9. The van der Waals surface area contributed by atoms with Gasteiger partial charge in [0, 0.05) is 74.7 Å². The molecule has 4 aromatic rings. The average Bonchev–Trinajstić information content (AvgIpc) is 3.47. The Hall–Kier alpha value is -4.57. The predicted octanol–water partition coefficient (Wildman–Crippen LogP) is 2.96. The number of amides is 1. The average molecular weight is 570 g/mol. The summed E-state index contributed by atoms with van der Waals surface area (Å²) in [5.74, 6) is 0.224. The molecule has 3 aromatic heterocycles. The summed E-state index contributed by atoms with van der Waals surface area (Å²) in [5, 5.41) is 34.3. The molecule has 0 radical (unpaired) electrons. The van der Waals surface area contributed by atoms with Gasteiger partial charge in [-0.05, 0) is 25.5 Å². The number of hydrogen-bond acceptors (Lipinski definition) is 10. The number of nitriles is 1. The molecule has 0 spiro atoms. The zero-order valence-corrected chi connectivity index (χ0v) is 23.9. The third-order valence-electron chi connectivity index (χ3n) is 7.25. The van der Waals surface area contributed by atoms with Gasteiger partial charge >= 0.3 is 0 Å². The number of aromatic nitrogens is 4. The van der Waals surface area contributed by atoms with Gasteiger partial charge in [0.15, 0.2) is 5.65 Å². The zero-order chi connectivity index (χ0) is 29.5. The van der Waals surface area contributed by atoms with Gasteiger partial charge in [-0.15, -0.1) is 10.2 Å². The van der Waals surface area contributed by atoms with E-state index in [0.717, 1.165) is 31.9 Å². The van der Waals surface area contributed by atoms with E-state index < -0.39 is 0 Å². The SMILES string of the molecule is CCOc1cc2nc(CC)c(C#N)c(Nc3ccn4cnnc4c3)c2cc1NC(=O)/C=C/CN1CCN(CCO)CC1. The third kappa shape index (κ3) is 6.49. The van der Waals surface area contributed by atoms with Gasteiger partial charge in [0.2, 0.25) is 5.91 Å². The van der Waals surface area contributed by atoms with Crippen LogP contribution in [0, 0.1) is 11.3 Å². The lowest BCUT2D eigenvalue weighted by Gasteiger charge is -2.33. The summed E-state index contributed by atoms with van der Waals surface area (Å²) in [7, 11) is 0. The van der Waals surface area contributed by atoms with E-state index in [-0.39, 0.29) is 12.5 Å². The van der Waals surface area contributed by atoms with Crippen LogP contribution in [0.4, 0.5) is 17.1 Å². The molecule has 12 heteroatoms. The van der Waals surface area contributed by atoms with Crippen molar-refractivity contribution >= 4 is 39.5 Å². The van der Waals surface area contributed by atoms with Crippen molar-refractivity contribution in [2.75, 3.05) is 63.1 Å². The number of nitrogens with one attached hydrogen (secondary N) is 2. The minimum absolute atomic E-state index is 0.169. The molecule has 12 nitrogen and oxygen atoms in total. The Morgan fingerprint density at radius 3 is 2.74 bits per heavy atom. The van der Waals surface area contributed by atoms with Crippen molar-refractivity contribution in [1.82, 2.24) is 29.4 Å². The van der Waals surface area contributed by atoms with Gasteiger partial charge in [-0.3, -0.25) is 24.0 Å². The van der Waals surface area contributed by atoms with E-state index in [1.807, 2.05) is 38.3 Å². The molecule has 1 aromatic carbocycles. The molecule has 0 aliphatic carbocycles. The monoisotopic (exact) mass is 569 g/mol. The van der Waals surface area contributed by atoms with Crippen molar-refractivity contribution < 1.29 is 14.6 Å². The summed E-state index contributed by atoms with van der Waals surface area (Å²) in [6.45, 7) is 9.35. The first-order valence-corrected chi connectivity index (χ1v) is 14.2. The second-order valence-electron chi connectivity index (χ2n) is 9.97. The fraction of sp³-hybridized carbons (Fsp3) is 0.367. The van der Waals surface area contributed by atoms with Gasteiger partial charge in [0.1, 0.15) is 18.1 Å². The summed E-state index contributed by atoms with van der Waals surface area (Å²) in [6, 6.07) is 9.65. The maximum atomic E-state index is 13.0. The minimum atomic E-state index is -0.278. The third-order valence-corrected chi connectivity index (χ3v) is 7.25. The number of aliphatic hydroxyl groups excluding tert-OH is 1. The molecule has 1 aliphatic heterocycles. The quantitative estimate of drug-likeness (QED) is 0.231. The molecular weight excluding hydrogens is 534 g/mol. The molecule has 1 amide bonds. The lowest BCUT2D eigenvalue weighted by Crippen LogP contribution is -2.47. The number of piperazine rings is 1. The predicted molar refractivity (Wildman–Crippen MR) is 161 cm³/mol. The second-order valence-corrected chi connectivity index (χ2v) is 9.97. The van der Waals surface area contributed by atoms with Gasteiger partial charge in [-0.25, -0.2) is 0 Å². The Morgan fingerprint density at radius 1 is 1.19 bits per heavy atom. The molecule has 0 saturated carbocycles. The van der Waals surface area contributed by atoms with E-state index in [1.165, 1.54) is 6.08 Å². The molecule has 218 valence electrons. The normalized spacial score (nSPS) is 14.4. The number of pyridine rings is 2. The lowest BCUT2D eigenvalue weighted by atomic mass is 10.0. The van der Waals surface area contributed by atoms with E-state index >= 15 is 0 Å². The fourth-order valence-corrected chi connectivity index (χ4v) is 5.08. The Balaban J connectivity index is 1.42. The highest BCUT2D eigenvalue weighted by Crippen LogP contribution is 2.37. The van der Waals surface area contributed by atoms with Gasteiger partial charge in [0.25, 0.3) is 0 Å². The highest BCUT2D eigenvalue weighted by molar-refractivity contribution is 6.05. The van der Waals surface area contributed by atoms with Crippen molar-refractivity contribution in [3.05, 3.63) is 60.2 Å². The van der Waals surface area contributed by atoms with Crippen LogP contribution in [-0.2, 0) is 11.2 Å². The largest absolute Gasteiger partial charge is 0.492 e. The van der Waals surface area contributed by atoms with Crippen molar-refractivity contribution in [2.45, 2.75) is 20.3 Å². The van der Waals surface area contributed by atoms with Gasteiger partial charge in [-0.2, -0.15) is 5.26 Å². The number of ether oxygens (including phenoxy) is 1. The van der Waals surface area contributed by atoms with E-state index in [9.17, 15) is 10.1 Å². The fourth-order valence-electron chi connectivity index (χ4n) is 5.08. The van der Waals surface area contributed by atoms with Gasteiger partial charge < -0.3 is 20.5 Å². The molecule has 4 heterocycles. The number of aryl methyl sites for hydroxylation is 1. The number of anilines is 3. The van der Waals surface area contributed by atoms with Gasteiger partial charge in [-0.1, -0.05) is 13.0 Å². The van der Waals surface area contributed by atoms with Crippen LogP contribution in [0.1, 0.15) is 25.1 Å². The molecule has 0 atom stereocenters. The maximum Gasteiger partial charge on any atom is 0.248 e. The minimum Gasteiger partial charge on any atom is -0.492 e. The van der Waals surface area contributed by atoms with E-state index in [2.05, 4.69) is 36.7 Å². The van der Waals surface area contributed by atoms with Crippen LogP contribution >= 0.6 is 0 Å². The first-order valence-electron chi connectivity index (χ1n) is 14.2. The summed E-state index contributed by atoms with van der Waals surface area (Å²) in [6.07, 6.45) is 7.42. The molecule has 1 aliphatic rings. The lowest BCUT2D eigenvalue weighted by molar-refractivity contribution is -0.111. The number of nitrogens with zero attached hydrogens (tertiary/aromatic N) is 7. The van der Waals surface area contributed by atoms with Crippen molar-refractivity contribution in [2.24, 2.45) is 0 Å². The standard InChI is InChI=1S/C30H35N9O3/c1-3-24-23(19-31)30(33-21-7-9-39-20-32-36-28(39)16-21)22-17-26(27(42-4-2)18-25(22)34-24)35-29(41)6-5-8-37-10-12-38(13-11-37)14-15-40/h5-7,9,16-18,20,40H,3-4,8,10-15H2,1-2H3,(H,33,34)(H,35,41)/b6-5+. The number of fused-ring (bicyclic) bond motifs is 2. The molecule has 3 N–H and O–H groups in total.